The summed E-state index contributed by atoms with van der Waals surface area (Å²) >= 11 is 5.40. The highest BCUT2D eigenvalue weighted by Gasteiger charge is 2.40. The first-order valence-corrected chi connectivity index (χ1v) is 7.85. The topological polar surface area (TPSA) is 38.8 Å². The zero-order valence-electron chi connectivity index (χ0n) is 13.5. The summed E-state index contributed by atoms with van der Waals surface area (Å²) in [4.78, 5) is 13.9. The fraction of sp³-hybridized carbons (Fsp3) is 0.529. The van der Waals surface area contributed by atoms with Gasteiger partial charge in [0.1, 0.15) is 11.6 Å². The predicted octanol–water partition coefficient (Wildman–Crippen LogP) is 3.12. The minimum Gasteiger partial charge on any atom is -0.467 e. The highest BCUT2D eigenvalue weighted by atomic mass is 32.1. The lowest BCUT2D eigenvalue weighted by Gasteiger charge is -2.30. The molecule has 0 aliphatic carbocycles. The maximum absolute atomic E-state index is 12.1. The van der Waals surface area contributed by atoms with Crippen molar-refractivity contribution in [1.29, 1.82) is 0 Å². The van der Waals surface area contributed by atoms with Crippen molar-refractivity contribution in [3.05, 3.63) is 35.9 Å². The van der Waals surface area contributed by atoms with Crippen molar-refractivity contribution in [1.82, 2.24) is 4.90 Å². The summed E-state index contributed by atoms with van der Waals surface area (Å²) in [7, 11) is 1.41. The van der Waals surface area contributed by atoms with E-state index in [0.717, 1.165) is 0 Å². The van der Waals surface area contributed by atoms with Crippen LogP contribution in [-0.2, 0) is 14.3 Å². The largest absolute Gasteiger partial charge is 0.467 e. The number of carbonyl (C=O) groups excluding carboxylic acids is 1. The molecule has 0 saturated carbocycles. The fourth-order valence-corrected chi connectivity index (χ4v) is 3.14. The van der Waals surface area contributed by atoms with Gasteiger partial charge in [0.15, 0.2) is 0 Å². The second kappa shape index (κ2) is 6.65. The van der Waals surface area contributed by atoms with Gasteiger partial charge in [-0.3, -0.25) is 0 Å². The molecule has 0 N–H and O–H groups in total. The van der Waals surface area contributed by atoms with Gasteiger partial charge in [0.05, 0.1) is 7.11 Å². The molecule has 1 aromatic carbocycles. The molecule has 0 amide bonds. The number of rotatable bonds is 2. The normalized spacial score (nSPS) is 21.5. The van der Waals surface area contributed by atoms with E-state index in [2.05, 4.69) is 12.1 Å². The number of hydrogen-bond donors (Lipinski definition) is 0. The Bertz CT molecular complexity index is 539. The van der Waals surface area contributed by atoms with Gasteiger partial charge >= 0.3 is 5.97 Å². The van der Waals surface area contributed by atoms with Crippen LogP contribution in [0.2, 0.25) is 0 Å². The van der Waals surface area contributed by atoms with E-state index < -0.39 is 0 Å². The van der Waals surface area contributed by atoms with Crippen LogP contribution in [0.5, 0.6) is 0 Å². The lowest BCUT2D eigenvalue weighted by Crippen LogP contribution is -2.43. The molecule has 1 aliphatic heterocycles. The molecular weight excluding hydrogens is 298 g/mol. The Morgan fingerprint density at radius 2 is 1.91 bits per heavy atom. The average Bonchev–Trinajstić information content (AvgIpc) is 2.91. The van der Waals surface area contributed by atoms with E-state index in [1.165, 1.54) is 12.7 Å². The van der Waals surface area contributed by atoms with Crippen LogP contribution in [0.25, 0.3) is 0 Å². The van der Waals surface area contributed by atoms with Crippen LogP contribution in [0, 0.1) is 0 Å². The summed E-state index contributed by atoms with van der Waals surface area (Å²) in [5.74, 6) is -0.0230. The van der Waals surface area contributed by atoms with Crippen molar-refractivity contribution in [3.63, 3.8) is 0 Å². The number of esters is 1. The van der Waals surface area contributed by atoms with Crippen LogP contribution >= 0.6 is 12.2 Å². The molecule has 0 radical (unpaired) electrons. The second-order valence-corrected chi connectivity index (χ2v) is 6.86. The smallest absolute Gasteiger partial charge is 0.328 e. The molecule has 1 heterocycles. The minimum atomic E-state index is -0.386. The maximum atomic E-state index is 12.1. The van der Waals surface area contributed by atoms with Gasteiger partial charge in [-0.05, 0) is 45.0 Å². The summed E-state index contributed by atoms with van der Waals surface area (Å²) in [5.41, 5.74) is 0.820. The average molecular weight is 321 g/mol. The first-order chi connectivity index (χ1) is 10.3. The quantitative estimate of drug-likeness (QED) is 0.618. The van der Waals surface area contributed by atoms with Crippen LogP contribution in [0.15, 0.2) is 30.3 Å². The van der Waals surface area contributed by atoms with E-state index in [4.69, 9.17) is 21.7 Å². The van der Waals surface area contributed by atoms with Gasteiger partial charge in [0.2, 0.25) is 0 Å². The fourth-order valence-electron chi connectivity index (χ4n) is 2.68. The van der Waals surface area contributed by atoms with Crippen LogP contribution in [0.1, 0.15) is 38.7 Å². The molecule has 1 fully saturated rings. The Morgan fingerprint density at radius 3 is 2.45 bits per heavy atom. The van der Waals surface area contributed by atoms with E-state index in [1.807, 2.05) is 43.9 Å². The standard InChI is InChI=1S/C17H23NO3S/c1-17(2,3)21-16(22)18-11-13(10-14(18)15(19)20-4)12-8-6-5-7-9-12/h5-9,13-14H,10-11H2,1-4H3/t13-,14-/m0/s1. The van der Waals surface area contributed by atoms with Gasteiger partial charge in [0.25, 0.3) is 5.17 Å². The number of hydrogen-bond acceptors (Lipinski definition) is 4. The first kappa shape index (κ1) is 16.7. The van der Waals surface area contributed by atoms with E-state index in [0.29, 0.717) is 18.1 Å². The van der Waals surface area contributed by atoms with E-state index in [1.54, 1.807) is 0 Å². The molecule has 4 nitrogen and oxygen atoms in total. The molecule has 22 heavy (non-hydrogen) atoms. The lowest BCUT2D eigenvalue weighted by molar-refractivity contribution is -0.145. The number of methoxy groups -OCH3 is 1. The highest BCUT2D eigenvalue weighted by molar-refractivity contribution is 7.80. The maximum Gasteiger partial charge on any atom is 0.328 e. The molecule has 2 rings (SSSR count). The molecule has 2 atom stereocenters. The van der Waals surface area contributed by atoms with Crippen molar-refractivity contribution in [2.75, 3.05) is 13.7 Å². The van der Waals surface area contributed by atoms with Crippen LogP contribution in [0.3, 0.4) is 0 Å². The Kier molecular flexibility index (Phi) is 5.06. The third-order valence-corrected chi connectivity index (χ3v) is 3.99. The first-order valence-electron chi connectivity index (χ1n) is 7.44. The SMILES string of the molecule is COC(=O)[C@@H]1C[C@H](c2ccccc2)CN1C(=S)OC(C)(C)C. The lowest BCUT2D eigenvalue weighted by atomic mass is 9.96. The summed E-state index contributed by atoms with van der Waals surface area (Å²) in [6.07, 6.45) is 0.685. The Balaban J connectivity index is 2.19. The van der Waals surface area contributed by atoms with Gasteiger partial charge < -0.3 is 14.4 Å². The van der Waals surface area contributed by atoms with Crippen molar-refractivity contribution in [2.24, 2.45) is 0 Å². The van der Waals surface area contributed by atoms with Crippen molar-refractivity contribution < 1.29 is 14.3 Å². The molecule has 1 aliphatic rings. The minimum absolute atomic E-state index is 0.242. The summed E-state index contributed by atoms with van der Waals surface area (Å²) in [5, 5.41) is 0.362. The molecule has 1 saturated heterocycles. The van der Waals surface area contributed by atoms with Gasteiger partial charge in [0, 0.05) is 12.5 Å². The molecule has 0 unspecified atom stereocenters. The number of carbonyl (C=O) groups is 1. The van der Waals surface area contributed by atoms with Crippen molar-refractivity contribution in [3.8, 4) is 0 Å². The number of benzene rings is 1. The predicted molar refractivity (Wildman–Crippen MR) is 89.7 cm³/mol. The second-order valence-electron chi connectivity index (χ2n) is 6.51. The van der Waals surface area contributed by atoms with Gasteiger partial charge in [-0.2, -0.15) is 0 Å². The summed E-state index contributed by atoms with van der Waals surface area (Å²) < 4.78 is 10.7. The van der Waals surface area contributed by atoms with Gasteiger partial charge in [-0.15, -0.1) is 0 Å². The third-order valence-electron chi connectivity index (χ3n) is 3.67. The van der Waals surface area contributed by atoms with Crippen LogP contribution < -0.4 is 0 Å². The van der Waals surface area contributed by atoms with Crippen molar-refractivity contribution in [2.45, 2.75) is 44.8 Å². The Hall–Kier alpha value is -1.62. The summed E-state index contributed by atoms with van der Waals surface area (Å²) in [6.45, 7) is 6.49. The molecule has 0 bridgehead atoms. The molecule has 0 aromatic heterocycles. The zero-order valence-corrected chi connectivity index (χ0v) is 14.4. The van der Waals surface area contributed by atoms with E-state index >= 15 is 0 Å². The number of likely N-dealkylation sites (tertiary alicyclic amines) is 1. The highest BCUT2D eigenvalue weighted by Crippen LogP contribution is 2.33. The molecular formula is C17H23NO3S. The van der Waals surface area contributed by atoms with E-state index in [9.17, 15) is 4.79 Å². The third kappa shape index (κ3) is 3.97. The summed E-state index contributed by atoms with van der Waals surface area (Å²) in [6, 6.07) is 9.78. The molecule has 0 spiro atoms. The number of nitrogens with zero attached hydrogens (tertiary/aromatic N) is 1. The molecule has 120 valence electrons. The molecule has 1 aromatic rings. The zero-order chi connectivity index (χ0) is 16.3. The number of ether oxygens (including phenoxy) is 2. The van der Waals surface area contributed by atoms with Gasteiger partial charge in [-0.25, -0.2) is 4.79 Å². The Morgan fingerprint density at radius 1 is 1.27 bits per heavy atom. The van der Waals surface area contributed by atoms with Crippen molar-refractivity contribution >= 4 is 23.4 Å². The Labute approximate surface area is 137 Å². The van der Waals surface area contributed by atoms with E-state index in [-0.39, 0.29) is 23.5 Å². The number of thiocarbonyl (C=S) groups is 1. The molecule has 5 heteroatoms. The van der Waals surface area contributed by atoms with Crippen LogP contribution in [-0.4, -0.2) is 41.3 Å². The van der Waals surface area contributed by atoms with Gasteiger partial charge in [-0.1, -0.05) is 30.3 Å². The van der Waals surface area contributed by atoms with Crippen LogP contribution in [0.4, 0.5) is 0 Å². The monoisotopic (exact) mass is 321 g/mol.